The summed E-state index contributed by atoms with van der Waals surface area (Å²) in [7, 11) is -2.85. The number of nitrogens with zero attached hydrogens (tertiary/aromatic N) is 2. The summed E-state index contributed by atoms with van der Waals surface area (Å²) >= 11 is 0. The normalized spacial score (nSPS) is 11.6. The van der Waals surface area contributed by atoms with Gasteiger partial charge in [0.25, 0.3) is 10.0 Å². The molecule has 28 heavy (non-hydrogen) atoms. The molecule has 152 valence electrons. The van der Waals surface area contributed by atoms with Crippen molar-refractivity contribution < 1.29 is 22.3 Å². The number of benzene rings is 1. The van der Waals surface area contributed by atoms with Gasteiger partial charge in [0.1, 0.15) is 10.7 Å². The van der Waals surface area contributed by atoms with Crippen LogP contribution < -0.4 is 14.8 Å². The highest BCUT2D eigenvalue weighted by Gasteiger charge is 2.22. The molecule has 2 rings (SSSR count). The lowest BCUT2D eigenvalue weighted by atomic mass is 9.92. The zero-order valence-corrected chi connectivity index (χ0v) is 17.1. The van der Waals surface area contributed by atoms with Gasteiger partial charge in [-0.2, -0.15) is 0 Å². The SMILES string of the molecule is COc1ncc(S(=O)(=O)NC(=O)Nc2c(C(C)C)cc(F)cc2C(C)C)cn1. The van der Waals surface area contributed by atoms with Crippen molar-refractivity contribution in [3.8, 4) is 6.01 Å². The molecule has 0 radical (unpaired) electrons. The first-order valence-corrected chi connectivity index (χ1v) is 10.1. The van der Waals surface area contributed by atoms with Gasteiger partial charge in [-0.1, -0.05) is 27.7 Å². The molecule has 0 aliphatic rings. The lowest BCUT2D eigenvalue weighted by Crippen LogP contribution is -2.35. The van der Waals surface area contributed by atoms with E-state index in [1.807, 2.05) is 32.4 Å². The zero-order valence-electron chi connectivity index (χ0n) is 16.3. The van der Waals surface area contributed by atoms with E-state index in [0.29, 0.717) is 16.8 Å². The van der Waals surface area contributed by atoms with E-state index < -0.39 is 21.9 Å². The van der Waals surface area contributed by atoms with Crippen molar-refractivity contribution in [2.45, 2.75) is 44.4 Å². The number of ether oxygens (including phenoxy) is 1. The van der Waals surface area contributed by atoms with Crippen LogP contribution in [0.1, 0.15) is 50.7 Å². The number of hydrogen-bond donors (Lipinski definition) is 2. The fourth-order valence-corrected chi connectivity index (χ4v) is 3.37. The molecule has 2 amide bonds. The molecule has 0 bridgehead atoms. The molecule has 0 spiro atoms. The highest BCUT2D eigenvalue weighted by molar-refractivity contribution is 7.90. The Morgan fingerprint density at radius 3 is 2.00 bits per heavy atom. The van der Waals surface area contributed by atoms with Crippen LogP contribution in [-0.4, -0.2) is 31.5 Å². The van der Waals surface area contributed by atoms with Crippen LogP contribution in [0.5, 0.6) is 6.01 Å². The maximum absolute atomic E-state index is 14.0. The van der Waals surface area contributed by atoms with E-state index in [9.17, 15) is 17.6 Å². The van der Waals surface area contributed by atoms with Gasteiger partial charge in [0.05, 0.1) is 19.5 Å². The average Bonchev–Trinajstić information content (AvgIpc) is 2.62. The molecule has 2 aromatic rings. The molecule has 8 nitrogen and oxygen atoms in total. The van der Waals surface area contributed by atoms with Gasteiger partial charge in [-0.3, -0.25) is 0 Å². The molecule has 0 saturated carbocycles. The number of anilines is 1. The molecule has 0 fully saturated rings. The largest absolute Gasteiger partial charge is 0.467 e. The van der Waals surface area contributed by atoms with Gasteiger partial charge in [-0.05, 0) is 35.1 Å². The number of methoxy groups -OCH3 is 1. The molecular weight excluding hydrogens is 387 g/mol. The smallest absolute Gasteiger partial charge is 0.333 e. The van der Waals surface area contributed by atoms with Crippen LogP contribution in [0.3, 0.4) is 0 Å². The van der Waals surface area contributed by atoms with Crippen molar-refractivity contribution in [3.63, 3.8) is 0 Å². The number of sulfonamides is 1. The lowest BCUT2D eigenvalue weighted by Gasteiger charge is -2.20. The summed E-state index contributed by atoms with van der Waals surface area (Å²) in [5, 5.41) is 2.56. The van der Waals surface area contributed by atoms with E-state index in [1.54, 1.807) is 0 Å². The molecule has 1 aromatic carbocycles. The highest BCUT2D eigenvalue weighted by atomic mass is 32.2. The van der Waals surface area contributed by atoms with Crippen molar-refractivity contribution in [2.24, 2.45) is 0 Å². The van der Waals surface area contributed by atoms with Gasteiger partial charge in [0.2, 0.25) is 0 Å². The Hall–Kier alpha value is -2.75. The summed E-state index contributed by atoms with van der Waals surface area (Å²) in [6.45, 7) is 7.42. The van der Waals surface area contributed by atoms with E-state index in [4.69, 9.17) is 4.74 Å². The fraction of sp³-hybridized carbons (Fsp3) is 0.389. The van der Waals surface area contributed by atoms with Gasteiger partial charge in [-0.15, -0.1) is 0 Å². The third-order valence-corrected chi connectivity index (χ3v) is 5.26. The predicted octanol–water partition coefficient (Wildman–Crippen LogP) is 3.38. The van der Waals surface area contributed by atoms with Crippen LogP contribution in [0.15, 0.2) is 29.4 Å². The molecule has 1 heterocycles. The first kappa shape index (κ1) is 21.5. The molecule has 2 N–H and O–H groups in total. The Bertz CT molecular complexity index is 931. The number of carbonyl (C=O) groups excluding carboxylic acids is 1. The molecular formula is C18H23FN4O4S. The summed E-state index contributed by atoms with van der Waals surface area (Å²) in [6, 6.07) is 1.69. The van der Waals surface area contributed by atoms with Crippen LogP contribution in [0.2, 0.25) is 0 Å². The Kier molecular flexibility index (Phi) is 6.55. The predicted molar refractivity (Wildman–Crippen MR) is 103 cm³/mol. The van der Waals surface area contributed by atoms with Crippen molar-refractivity contribution in [1.82, 2.24) is 14.7 Å². The maximum Gasteiger partial charge on any atom is 0.333 e. The van der Waals surface area contributed by atoms with Crippen molar-refractivity contribution in [3.05, 3.63) is 41.5 Å². The van der Waals surface area contributed by atoms with Gasteiger partial charge in [-0.25, -0.2) is 32.3 Å². The number of aromatic nitrogens is 2. The second-order valence-corrected chi connectivity index (χ2v) is 8.42. The Balaban J connectivity index is 2.31. The van der Waals surface area contributed by atoms with E-state index in [2.05, 4.69) is 15.3 Å². The second kappa shape index (κ2) is 8.51. The van der Waals surface area contributed by atoms with Crippen molar-refractivity contribution in [2.75, 3.05) is 12.4 Å². The minimum atomic E-state index is -4.20. The average molecular weight is 410 g/mol. The molecule has 0 unspecified atom stereocenters. The lowest BCUT2D eigenvalue weighted by molar-refractivity contribution is 0.256. The van der Waals surface area contributed by atoms with Gasteiger partial charge in [0, 0.05) is 5.69 Å². The monoisotopic (exact) mass is 410 g/mol. The van der Waals surface area contributed by atoms with Gasteiger partial charge < -0.3 is 10.1 Å². The van der Waals surface area contributed by atoms with Crippen LogP contribution in [0.4, 0.5) is 14.9 Å². The van der Waals surface area contributed by atoms with Crippen LogP contribution in [0, 0.1) is 5.82 Å². The van der Waals surface area contributed by atoms with Crippen LogP contribution in [0.25, 0.3) is 0 Å². The topological polar surface area (TPSA) is 110 Å². The quantitative estimate of drug-likeness (QED) is 0.755. The third-order valence-electron chi connectivity index (χ3n) is 3.97. The second-order valence-electron chi connectivity index (χ2n) is 6.73. The minimum Gasteiger partial charge on any atom is -0.467 e. The number of carbonyl (C=O) groups is 1. The number of rotatable bonds is 6. The van der Waals surface area contributed by atoms with Crippen molar-refractivity contribution >= 4 is 21.7 Å². The highest BCUT2D eigenvalue weighted by Crippen LogP contribution is 2.33. The number of hydrogen-bond acceptors (Lipinski definition) is 6. The Morgan fingerprint density at radius 2 is 1.57 bits per heavy atom. The first-order chi connectivity index (χ1) is 13.0. The van der Waals surface area contributed by atoms with Crippen LogP contribution >= 0.6 is 0 Å². The van der Waals surface area contributed by atoms with E-state index >= 15 is 0 Å². The first-order valence-electron chi connectivity index (χ1n) is 8.58. The number of urea groups is 1. The Labute approximate surface area is 163 Å². The summed E-state index contributed by atoms with van der Waals surface area (Å²) in [5.41, 5.74) is 1.54. The standard InChI is InChI=1S/C18H23FN4O4S/c1-10(2)14-6-12(19)7-15(11(3)4)16(14)22-17(24)23-28(25,26)13-8-20-18(27-5)21-9-13/h6-11H,1-5H3,(H2,22,23,24). The van der Waals surface area contributed by atoms with Gasteiger partial charge >= 0.3 is 12.0 Å². The third kappa shape index (κ3) is 4.94. The molecule has 0 aliphatic heterocycles. The van der Waals surface area contributed by atoms with Crippen LogP contribution in [-0.2, 0) is 10.0 Å². The van der Waals surface area contributed by atoms with E-state index in [0.717, 1.165) is 12.4 Å². The Morgan fingerprint density at radius 1 is 1.07 bits per heavy atom. The summed E-state index contributed by atoms with van der Waals surface area (Å²) in [6.07, 6.45) is 2.05. The number of amides is 2. The minimum absolute atomic E-state index is 0.00198. The molecule has 0 atom stereocenters. The molecule has 0 aliphatic carbocycles. The van der Waals surface area contributed by atoms with Gasteiger partial charge in [0.15, 0.2) is 0 Å². The maximum atomic E-state index is 14.0. The molecule has 10 heteroatoms. The van der Waals surface area contributed by atoms with E-state index in [-0.39, 0.29) is 22.7 Å². The molecule has 0 saturated heterocycles. The summed E-state index contributed by atoms with van der Waals surface area (Å²) in [4.78, 5) is 19.5. The van der Waals surface area contributed by atoms with Crippen molar-refractivity contribution in [1.29, 1.82) is 0 Å². The number of halogens is 1. The number of nitrogens with one attached hydrogen (secondary N) is 2. The zero-order chi connectivity index (χ0) is 21.1. The fourth-order valence-electron chi connectivity index (χ4n) is 2.57. The molecule has 1 aromatic heterocycles. The summed E-state index contributed by atoms with van der Waals surface area (Å²) < 4.78 is 45.4. The van der Waals surface area contributed by atoms with E-state index in [1.165, 1.54) is 19.2 Å². The summed E-state index contributed by atoms with van der Waals surface area (Å²) in [5.74, 6) is -0.591.